The number of para-hydroxylation sites is 1. The smallest absolute Gasteiger partial charge is 0.317 e. The van der Waals surface area contributed by atoms with Crippen molar-refractivity contribution in [2.24, 2.45) is 0 Å². The lowest BCUT2D eigenvalue weighted by Gasteiger charge is -2.43. The summed E-state index contributed by atoms with van der Waals surface area (Å²) in [5, 5.41) is 6.15. The highest BCUT2D eigenvalue weighted by atomic mass is 16.2. The van der Waals surface area contributed by atoms with E-state index in [-0.39, 0.29) is 30.4 Å². The fourth-order valence-corrected chi connectivity index (χ4v) is 5.98. The SMILES string of the molecule is O=C(CN1CN(c2ccccc2)C2(CCN(C(=O)NCc3ccccc3)CC2)C1=O)NC1CCCCC1. The molecule has 2 heterocycles. The summed E-state index contributed by atoms with van der Waals surface area (Å²) in [6, 6.07) is 19.9. The van der Waals surface area contributed by atoms with Crippen LogP contribution in [-0.4, -0.2) is 65.5 Å². The maximum atomic E-state index is 13.9. The van der Waals surface area contributed by atoms with Crippen molar-refractivity contribution in [3.63, 3.8) is 0 Å². The van der Waals surface area contributed by atoms with E-state index in [1.807, 2.05) is 60.7 Å². The van der Waals surface area contributed by atoms with Gasteiger partial charge in [-0.2, -0.15) is 0 Å². The minimum atomic E-state index is -0.747. The number of hydrogen-bond donors (Lipinski definition) is 2. The van der Waals surface area contributed by atoms with E-state index in [9.17, 15) is 14.4 Å². The first kappa shape index (κ1) is 25.1. The third-order valence-corrected chi connectivity index (χ3v) is 8.05. The Balaban J connectivity index is 1.25. The van der Waals surface area contributed by atoms with E-state index in [0.29, 0.717) is 39.1 Å². The molecule has 37 heavy (non-hydrogen) atoms. The van der Waals surface area contributed by atoms with Crippen LogP contribution in [0.4, 0.5) is 10.5 Å². The second kappa shape index (κ2) is 11.2. The van der Waals surface area contributed by atoms with E-state index in [1.54, 1.807) is 9.80 Å². The zero-order valence-corrected chi connectivity index (χ0v) is 21.4. The zero-order chi connectivity index (χ0) is 25.7. The molecule has 1 saturated carbocycles. The number of benzene rings is 2. The van der Waals surface area contributed by atoms with E-state index < -0.39 is 5.54 Å². The number of hydrogen-bond acceptors (Lipinski definition) is 4. The molecule has 0 radical (unpaired) electrons. The Hall–Kier alpha value is -3.55. The molecule has 0 atom stereocenters. The molecule has 0 aromatic heterocycles. The summed E-state index contributed by atoms with van der Waals surface area (Å²) in [6.07, 6.45) is 6.61. The van der Waals surface area contributed by atoms with Crippen LogP contribution in [0.25, 0.3) is 0 Å². The van der Waals surface area contributed by atoms with Crippen LogP contribution in [-0.2, 0) is 16.1 Å². The Kier molecular flexibility index (Phi) is 7.63. The number of amides is 4. The van der Waals surface area contributed by atoms with Gasteiger partial charge in [0.05, 0.1) is 6.67 Å². The van der Waals surface area contributed by atoms with Gasteiger partial charge in [0.15, 0.2) is 0 Å². The van der Waals surface area contributed by atoms with Gasteiger partial charge in [0, 0.05) is 31.4 Å². The van der Waals surface area contributed by atoms with Crippen LogP contribution in [0.3, 0.4) is 0 Å². The highest BCUT2D eigenvalue weighted by molar-refractivity contribution is 5.96. The number of carbonyl (C=O) groups is 3. The predicted molar refractivity (Wildman–Crippen MR) is 143 cm³/mol. The topological polar surface area (TPSA) is 85.0 Å². The molecule has 2 aromatic rings. The fourth-order valence-electron chi connectivity index (χ4n) is 5.98. The minimum absolute atomic E-state index is 0.0144. The molecule has 3 fully saturated rings. The van der Waals surface area contributed by atoms with Gasteiger partial charge in [0.25, 0.3) is 5.91 Å². The van der Waals surface area contributed by atoms with Crippen molar-refractivity contribution < 1.29 is 14.4 Å². The van der Waals surface area contributed by atoms with Crippen molar-refractivity contribution in [1.82, 2.24) is 20.4 Å². The largest absolute Gasteiger partial charge is 0.352 e. The third-order valence-electron chi connectivity index (χ3n) is 8.05. The van der Waals surface area contributed by atoms with Crippen LogP contribution in [0.5, 0.6) is 0 Å². The molecule has 196 valence electrons. The number of carbonyl (C=O) groups excluding carboxylic acids is 3. The van der Waals surface area contributed by atoms with Crippen molar-refractivity contribution in [3.05, 3.63) is 66.2 Å². The Labute approximate surface area is 219 Å². The van der Waals surface area contributed by atoms with Gasteiger partial charge in [-0.05, 0) is 43.4 Å². The molecule has 3 aliphatic rings. The van der Waals surface area contributed by atoms with Crippen LogP contribution < -0.4 is 15.5 Å². The standard InChI is InChI=1S/C29H37N5O3/c35-26(31-24-12-6-2-7-13-24)21-33-22-34(25-14-8-3-9-15-25)29(27(33)36)16-18-32(19-17-29)28(37)30-20-23-10-4-1-5-11-23/h1,3-5,8-11,14-15,24H,2,6-7,12-13,16-22H2,(H,30,37)(H,31,35). The summed E-state index contributed by atoms with van der Waals surface area (Å²) in [6.45, 7) is 1.89. The molecule has 0 unspecified atom stereocenters. The number of urea groups is 1. The van der Waals surface area contributed by atoms with Crippen molar-refractivity contribution >= 4 is 23.5 Å². The molecule has 2 N–H and O–H groups in total. The molecule has 8 heteroatoms. The Morgan fingerprint density at radius 3 is 2.22 bits per heavy atom. The fraction of sp³-hybridized carbons (Fsp3) is 0.483. The quantitative estimate of drug-likeness (QED) is 0.632. The number of likely N-dealkylation sites (tertiary alicyclic amines) is 1. The lowest BCUT2D eigenvalue weighted by atomic mass is 9.85. The Bertz CT molecular complexity index is 1080. The summed E-state index contributed by atoms with van der Waals surface area (Å²) < 4.78 is 0. The van der Waals surface area contributed by atoms with E-state index in [0.717, 1.165) is 36.9 Å². The monoisotopic (exact) mass is 503 g/mol. The van der Waals surface area contributed by atoms with E-state index >= 15 is 0 Å². The van der Waals surface area contributed by atoms with Gasteiger partial charge in [0.2, 0.25) is 5.91 Å². The molecule has 5 rings (SSSR count). The maximum Gasteiger partial charge on any atom is 0.317 e. The van der Waals surface area contributed by atoms with E-state index in [1.165, 1.54) is 6.42 Å². The second-order valence-electron chi connectivity index (χ2n) is 10.5. The average molecular weight is 504 g/mol. The van der Waals surface area contributed by atoms with Gasteiger partial charge in [0.1, 0.15) is 12.1 Å². The first-order chi connectivity index (χ1) is 18.0. The van der Waals surface area contributed by atoms with Gasteiger partial charge in [-0.25, -0.2) is 4.79 Å². The highest BCUT2D eigenvalue weighted by Crippen LogP contribution is 2.39. The molecule has 2 aromatic carbocycles. The van der Waals surface area contributed by atoms with E-state index in [4.69, 9.17) is 0 Å². The summed E-state index contributed by atoms with van der Waals surface area (Å²) in [5.41, 5.74) is 1.27. The molecule has 2 saturated heterocycles. The number of rotatable bonds is 6. The Morgan fingerprint density at radius 1 is 0.892 bits per heavy atom. The number of piperidine rings is 1. The van der Waals surface area contributed by atoms with Gasteiger partial charge >= 0.3 is 6.03 Å². The lowest BCUT2D eigenvalue weighted by Crippen LogP contribution is -2.58. The van der Waals surface area contributed by atoms with Gasteiger partial charge in [-0.15, -0.1) is 0 Å². The highest BCUT2D eigenvalue weighted by Gasteiger charge is 2.54. The summed E-state index contributed by atoms with van der Waals surface area (Å²) in [5.74, 6) is -0.0949. The number of nitrogens with one attached hydrogen (secondary N) is 2. The molecule has 2 aliphatic heterocycles. The first-order valence-electron chi connectivity index (χ1n) is 13.5. The van der Waals surface area contributed by atoms with Crippen LogP contribution in [0, 0.1) is 0 Å². The zero-order valence-electron chi connectivity index (χ0n) is 21.4. The maximum absolute atomic E-state index is 13.9. The van der Waals surface area contributed by atoms with E-state index in [2.05, 4.69) is 15.5 Å². The summed E-state index contributed by atoms with van der Waals surface area (Å²) >= 11 is 0. The molecule has 1 aliphatic carbocycles. The second-order valence-corrected chi connectivity index (χ2v) is 10.5. The van der Waals surface area contributed by atoms with Gasteiger partial charge in [-0.3, -0.25) is 9.59 Å². The molecule has 0 bridgehead atoms. The molecule has 8 nitrogen and oxygen atoms in total. The van der Waals surface area contributed by atoms with Gasteiger partial charge in [-0.1, -0.05) is 67.8 Å². The van der Waals surface area contributed by atoms with Gasteiger partial charge < -0.3 is 25.3 Å². The van der Waals surface area contributed by atoms with Crippen molar-refractivity contribution in [1.29, 1.82) is 0 Å². The number of nitrogens with zero attached hydrogens (tertiary/aromatic N) is 3. The summed E-state index contributed by atoms with van der Waals surface area (Å²) in [4.78, 5) is 45.2. The van der Waals surface area contributed by atoms with Crippen molar-refractivity contribution in [2.45, 2.75) is 63.1 Å². The van der Waals surface area contributed by atoms with Crippen LogP contribution >= 0.6 is 0 Å². The summed E-state index contributed by atoms with van der Waals surface area (Å²) in [7, 11) is 0. The van der Waals surface area contributed by atoms with Crippen molar-refractivity contribution in [3.8, 4) is 0 Å². The molecule has 4 amide bonds. The minimum Gasteiger partial charge on any atom is -0.352 e. The van der Waals surface area contributed by atoms with Crippen molar-refractivity contribution in [2.75, 3.05) is 31.2 Å². The number of anilines is 1. The first-order valence-corrected chi connectivity index (χ1v) is 13.5. The third kappa shape index (κ3) is 5.58. The normalized spacial score (nSPS) is 19.8. The van der Waals surface area contributed by atoms with Crippen LogP contribution in [0.15, 0.2) is 60.7 Å². The average Bonchev–Trinajstić information content (AvgIpc) is 3.19. The van der Waals surface area contributed by atoms with Crippen LogP contribution in [0.2, 0.25) is 0 Å². The predicted octanol–water partition coefficient (Wildman–Crippen LogP) is 3.49. The lowest BCUT2D eigenvalue weighted by molar-refractivity contribution is -0.137. The molecular formula is C29H37N5O3. The Morgan fingerprint density at radius 2 is 1.54 bits per heavy atom. The molecular weight excluding hydrogens is 466 g/mol. The van der Waals surface area contributed by atoms with Crippen LogP contribution in [0.1, 0.15) is 50.5 Å². The molecule has 1 spiro atoms.